The molecule has 0 aromatic heterocycles. The van der Waals surface area contributed by atoms with Crippen molar-refractivity contribution in [1.82, 2.24) is 5.32 Å². The van der Waals surface area contributed by atoms with Gasteiger partial charge in [-0.05, 0) is 67.3 Å². The van der Waals surface area contributed by atoms with E-state index in [1.807, 2.05) is 38.1 Å². The summed E-state index contributed by atoms with van der Waals surface area (Å²) in [4.78, 5) is 27.2. The van der Waals surface area contributed by atoms with E-state index in [1.165, 1.54) is 0 Å². The van der Waals surface area contributed by atoms with Crippen LogP contribution in [0, 0.1) is 0 Å². The van der Waals surface area contributed by atoms with Crippen molar-refractivity contribution in [3.8, 4) is 17.2 Å². The Balaban J connectivity index is 1.74. The molecule has 0 fully saturated rings. The highest BCUT2D eigenvalue weighted by Gasteiger charge is 2.41. The second-order valence-corrected chi connectivity index (χ2v) is 10.7. The number of rotatable bonds is 10. The number of hydrogen-bond donors (Lipinski definition) is 2. The number of carbonyl (C=O) groups excluding carboxylic acids is 2. The lowest BCUT2D eigenvalue weighted by atomic mass is 9.71. The number of allylic oxidation sites excluding steroid dienone is 3. The van der Waals surface area contributed by atoms with Crippen LogP contribution in [0.25, 0.3) is 0 Å². The number of nitrogens with one attached hydrogen (secondary N) is 1. The van der Waals surface area contributed by atoms with Crippen molar-refractivity contribution in [3.63, 3.8) is 0 Å². The number of esters is 1. The fourth-order valence-electron chi connectivity index (χ4n) is 5.15. The Morgan fingerprint density at radius 2 is 1.84 bits per heavy atom. The normalized spacial score (nSPS) is 19.1. The maximum atomic E-state index is 13.8. The number of phenols is 1. The quantitative estimate of drug-likeness (QED) is 0.305. The summed E-state index contributed by atoms with van der Waals surface area (Å²) >= 11 is 1.70. The Hall–Kier alpha value is -3.39. The van der Waals surface area contributed by atoms with Crippen molar-refractivity contribution in [3.05, 3.63) is 76.1 Å². The fraction of sp³-hybridized carbons (Fsp3) is 0.400. The molecule has 4 rings (SSSR count). The molecule has 0 spiro atoms. The summed E-state index contributed by atoms with van der Waals surface area (Å²) in [6.45, 7) is 6.41. The molecular weight excluding hydrogens is 502 g/mol. The first kappa shape index (κ1) is 27.6. The van der Waals surface area contributed by atoms with Crippen molar-refractivity contribution >= 4 is 23.5 Å². The lowest BCUT2D eigenvalue weighted by molar-refractivity contribution is -0.138. The number of phenolic OH excluding ortho intramolecular Hbond substituents is 1. The standard InChI is InChI=1S/C30H35NO6S/c1-5-36-26-17-20(9-12-24(26)32)28-27(30(34)37-13-14-38-6-2)18(3)31-23-15-21(16-25(33)29(23)28)19-7-10-22(35-4)11-8-19/h7-12,17,21,28,31-32H,5-6,13-16H2,1-4H3/t21-,28-/m1/s1. The van der Waals surface area contributed by atoms with Crippen LogP contribution in [-0.2, 0) is 14.3 Å². The summed E-state index contributed by atoms with van der Waals surface area (Å²) < 4.78 is 16.6. The third kappa shape index (κ3) is 5.85. The zero-order chi connectivity index (χ0) is 27.2. The van der Waals surface area contributed by atoms with E-state index in [1.54, 1.807) is 37.1 Å². The number of carbonyl (C=O) groups is 2. The number of ether oxygens (including phenoxy) is 3. The monoisotopic (exact) mass is 537 g/mol. The zero-order valence-electron chi connectivity index (χ0n) is 22.3. The van der Waals surface area contributed by atoms with Crippen LogP contribution in [0.1, 0.15) is 56.6 Å². The maximum Gasteiger partial charge on any atom is 0.336 e. The van der Waals surface area contributed by atoms with Gasteiger partial charge in [0.15, 0.2) is 17.3 Å². The predicted octanol–water partition coefficient (Wildman–Crippen LogP) is 5.46. The number of thioether (sulfide) groups is 1. The third-order valence-electron chi connectivity index (χ3n) is 6.92. The fourth-order valence-corrected chi connectivity index (χ4v) is 5.64. The van der Waals surface area contributed by atoms with E-state index in [0.717, 1.165) is 22.8 Å². The van der Waals surface area contributed by atoms with Gasteiger partial charge in [-0.15, -0.1) is 0 Å². The highest BCUT2D eigenvalue weighted by atomic mass is 32.2. The molecule has 1 aliphatic heterocycles. The van der Waals surface area contributed by atoms with Gasteiger partial charge < -0.3 is 24.6 Å². The van der Waals surface area contributed by atoms with Gasteiger partial charge in [0, 0.05) is 35.1 Å². The van der Waals surface area contributed by atoms with Crippen molar-refractivity contribution in [2.24, 2.45) is 0 Å². The average Bonchev–Trinajstić information content (AvgIpc) is 2.91. The number of aromatic hydroxyl groups is 1. The van der Waals surface area contributed by atoms with Gasteiger partial charge in [0.05, 0.1) is 19.3 Å². The summed E-state index contributed by atoms with van der Waals surface area (Å²) in [6, 6.07) is 12.8. The molecule has 0 amide bonds. The molecule has 202 valence electrons. The molecular formula is C30H35NO6S. The number of dihydropyridines is 1. The van der Waals surface area contributed by atoms with Gasteiger partial charge in [-0.2, -0.15) is 11.8 Å². The van der Waals surface area contributed by atoms with Gasteiger partial charge >= 0.3 is 5.97 Å². The van der Waals surface area contributed by atoms with E-state index >= 15 is 0 Å². The van der Waals surface area contributed by atoms with E-state index < -0.39 is 11.9 Å². The third-order valence-corrected chi connectivity index (χ3v) is 7.78. The highest BCUT2D eigenvalue weighted by Crippen LogP contribution is 2.47. The molecule has 2 atom stereocenters. The van der Waals surface area contributed by atoms with Gasteiger partial charge in [0.25, 0.3) is 0 Å². The molecule has 0 bridgehead atoms. The molecule has 2 aromatic rings. The molecule has 0 radical (unpaired) electrons. The van der Waals surface area contributed by atoms with Crippen LogP contribution in [-0.4, -0.2) is 48.7 Å². The van der Waals surface area contributed by atoms with Crippen LogP contribution in [0.15, 0.2) is 65.0 Å². The second-order valence-electron chi connectivity index (χ2n) is 9.28. The number of benzene rings is 2. The molecule has 38 heavy (non-hydrogen) atoms. The van der Waals surface area contributed by atoms with Gasteiger partial charge in [0.1, 0.15) is 12.4 Å². The molecule has 1 heterocycles. The summed E-state index contributed by atoms with van der Waals surface area (Å²) in [5.41, 5.74) is 4.22. The van der Waals surface area contributed by atoms with Crippen molar-refractivity contribution in [1.29, 1.82) is 0 Å². The molecule has 0 saturated heterocycles. The minimum atomic E-state index is -0.623. The maximum absolute atomic E-state index is 13.8. The molecule has 2 aromatic carbocycles. The van der Waals surface area contributed by atoms with Gasteiger partial charge in [0.2, 0.25) is 0 Å². The summed E-state index contributed by atoms with van der Waals surface area (Å²) in [5.74, 6) is 1.66. The Morgan fingerprint density at radius 3 is 2.53 bits per heavy atom. The Bertz CT molecular complexity index is 1250. The molecule has 8 heteroatoms. The first-order valence-corrected chi connectivity index (χ1v) is 14.1. The number of ketones is 1. The zero-order valence-corrected chi connectivity index (χ0v) is 23.2. The first-order valence-electron chi connectivity index (χ1n) is 13.0. The SMILES string of the molecule is CCOc1cc([C@@H]2C(C(=O)OCCSCC)=C(C)NC3=C2C(=O)C[C@H](c2ccc(OC)cc2)C3)ccc1O. The molecule has 2 N–H and O–H groups in total. The van der Waals surface area contributed by atoms with Crippen LogP contribution in [0.5, 0.6) is 17.2 Å². The lowest BCUT2D eigenvalue weighted by Gasteiger charge is -2.36. The first-order chi connectivity index (χ1) is 18.4. The van der Waals surface area contributed by atoms with Crippen molar-refractivity contribution in [2.45, 2.75) is 45.4 Å². The largest absolute Gasteiger partial charge is 0.504 e. The lowest BCUT2D eigenvalue weighted by Crippen LogP contribution is -2.36. The molecule has 1 aliphatic carbocycles. The van der Waals surface area contributed by atoms with Gasteiger partial charge in [-0.1, -0.05) is 25.1 Å². The minimum absolute atomic E-state index is 0.00600. The Labute approximate surface area is 228 Å². The minimum Gasteiger partial charge on any atom is -0.504 e. The van der Waals surface area contributed by atoms with Crippen LogP contribution in [0.4, 0.5) is 0 Å². The molecule has 2 aliphatic rings. The highest BCUT2D eigenvalue weighted by molar-refractivity contribution is 7.99. The second kappa shape index (κ2) is 12.4. The van der Waals surface area contributed by atoms with E-state index in [-0.39, 0.29) is 17.5 Å². The average molecular weight is 538 g/mol. The van der Waals surface area contributed by atoms with Crippen LogP contribution < -0.4 is 14.8 Å². The topological polar surface area (TPSA) is 94.1 Å². The van der Waals surface area contributed by atoms with Crippen LogP contribution in [0.2, 0.25) is 0 Å². The smallest absolute Gasteiger partial charge is 0.336 e. The van der Waals surface area contributed by atoms with Crippen LogP contribution in [0.3, 0.4) is 0 Å². The van der Waals surface area contributed by atoms with Gasteiger partial charge in [-0.3, -0.25) is 4.79 Å². The Morgan fingerprint density at radius 1 is 1.11 bits per heavy atom. The summed E-state index contributed by atoms with van der Waals surface area (Å²) in [5, 5.41) is 13.7. The Kier molecular flexibility index (Phi) is 9.05. The number of Topliss-reactive ketones (excluding diaryl/α,β-unsaturated/α-hetero) is 1. The summed E-state index contributed by atoms with van der Waals surface area (Å²) in [7, 11) is 1.63. The predicted molar refractivity (Wildman–Crippen MR) is 149 cm³/mol. The van der Waals surface area contributed by atoms with E-state index in [4.69, 9.17) is 14.2 Å². The number of methoxy groups -OCH3 is 1. The van der Waals surface area contributed by atoms with Crippen molar-refractivity contribution < 1.29 is 28.9 Å². The van der Waals surface area contributed by atoms with E-state index in [0.29, 0.717) is 60.0 Å². The van der Waals surface area contributed by atoms with Crippen molar-refractivity contribution in [2.75, 3.05) is 31.8 Å². The molecule has 0 saturated carbocycles. The number of hydrogen-bond acceptors (Lipinski definition) is 8. The molecule has 7 nitrogen and oxygen atoms in total. The summed E-state index contributed by atoms with van der Waals surface area (Å²) in [6.07, 6.45) is 0.960. The molecule has 0 unspecified atom stereocenters. The van der Waals surface area contributed by atoms with Gasteiger partial charge in [-0.25, -0.2) is 4.79 Å². The van der Waals surface area contributed by atoms with Crippen LogP contribution >= 0.6 is 11.8 Å². The van der Waals surface area contributed by atoms with E-state index in [9.17, 15) is 14.7 Å². The van der Waals surface area contributed by atoms with E-state index in [2.05, 4.69) is 12.2 Å².